The molecule has 2 aliphatic rings. The smallest absolute Gasteiger partial charge is 0.293 e. The van der Waals surface area contributed by atoms with Crippen LogP contribution in [0, 0.1) is 11.7 Å². The summed E-state index contributed by atoms with van der Waals surface area (Å²) in [6, 6.07) is 14.6. The van der Waals surface area contributed by atoms with Crippen LogP contribution in [0.5, 0.6) is 0 Å². The first-order chi connectivity index (χ1) is 21.5. The number of nitrogens with one attached hydrogen (secondary N) is 2. The van der Waals surface area contributed by atoms with E-state index in [0.717, 1.165) is 61.2 Å². The van der Waals surface area contributed by atoms with Crippen molar-refractivity contribution in [2.24, 2.45) is 5.92 Å². The lowest BCUT2D eigenvalue weighted by Crippen LogP contribution is -2.33. The first-order valence-electron chi connectivity index (χ1n) is 14.8. The van der Waals surface area contributed by atoms with Crippen LogP contribution in [-0.4, -0.2) is 48.9 Å². The molecule has 0 spiro atoms. The van der Waals surface area contributed by atoms with Crippen molar-refractivity contribution in [1.82, 2.24) is 30.3 Å². The summed E-state index contributed by atoms with van der Waals surface area (Å²) < 4.78 is 24.9. The van der Waals surface area contributed by atoms with E-state index in [1.807, 2.05) is 53.5 Å². The molecule has 1 aliphatic heterocycles. The maximum atomic E-state index is 15.4. The third-order valence-electron chi connectivity index (χ3n) is 8.24. The fraction of sp³-hybridized carbons (Fsp3) is 0.312. The molecule has 1 aliphatic carbocycles. The van der Waals surface area contributed by atoms with Gasteiger partial charge in [0, 0.05) is 48.2 Å². The molecule has 1 amide bonds. The van der Waals surface area contributed by atoms with Crippen LogP contribution >= 0.6 is 11.6 Å². The minimum absolute atomic E-state index is 0.00984. The molecular weight excluding hydrogens is 583 g/mol. The maximum absolute atomic E-state index is 15.4. The molecule has 10 nitrogen and oxygen atoms in total. The zero-order valence-electron chi connectivity index (χ0n) is 23.9. The minimum atomic E-state index is -0.553. The number of ether oxygens (including phenoxy) is 1. The van der Waals surface area contributed by atoms with Gasteiger partial charge < -0.3 is 10.1 Å². The van der Waals surface area contributed by atoms with Gasteiger partial charge in [0.05, 0.1) is 34.6 Å². The van der Waals surface area contributed by atoms with E-state index in [0.29, 0.717) is 17.7 Å². The minimum Gasteiger partial charge on any atom is -0.378 e. The van der Waals surface area contributed by atoms with E-state index in [9.17, 15) is 4.79 Å². The summed E-state index contributed by atoms with van der Waals surface area (Å²) in [6.45, 7) is 0.745. The molecule has 224 valence electrons. The molecule has 2 N–H and O–H groups in total. The van der Waals surface area contributed by atoms with Gasteiger partial charge in [0.15, 0.2) is 11.0 Å². The monoisotopic (exact) mass is 613 g/mol. The van der Waals surface area contributed by atoms with Crippen molar-refractivity contribution in [3.05, 3.63) is 90.0 Å². The highest BCUT2D eigenvalue weighted by atomic mass is 35.5. The van der Waals surface area contributed by atoms with Crippen LogP contribution in [0.2, 0.25) is 5.02 Å². The first-order valence-corrected chi connectivity index (χ1v) is 15.2. The van der Waals surface area contributed by atoms with Crippen LogP contribution in [0.25, 0.3) is 27.9 Å². The first kappa shape index (κ1) is 28.3. The van der Waals surface area contributed by atoms with Crippen LogP contribution in [0.4, 0.5) is 10.1 Å². The molecule has 7 rings (SSSR count). The number of aromatic nitrogens is 7. The number of amides is 1. The number of halogens is 2. The van der Waals surface area contributed by atoms with Crippen LogP contribution in [0.3, 0.4) is 0 Å². The fourth-order valence-corrected chi connectivity index (χ4v) is 5.82. The van der Waals surface area contributed by atoms with Crippen LogP contribution < -0.4 is 10.00 Å². The molecular formula is C32H31ClFN8O2+. The van der Waals surface area contributed by atoms with Crippen molar-refractivity contribution >= 4 is 23.2 Å². The van der Waals surface area contributed by atoms with Gasteiger partial charge in [-0.3, -0.25) is 14.5 Å². The van der Waals surface area contributed by atoms with Crippen molar-refractivity contribution in [3.8, 4) is 27.9 Å². The summed E-state index contributed by atoms with van der Waals surface area (Å²) in [5.74, 6) is -0.314. The lowest BCUT2D eigenvalue weighted by molar-refractivity contribution is -0.659. The maximum Gasteiger partial charge on any atom is 0.293 e. The number of aromatic amines is 1. The molecule has 2 aromatic carbocycles. The Morgan fingerprint density at radius 3 is 2.61 bits per heavy atom. The summed E-state index contributed by atoms with van der Waals surface area (Å²) in [6.07, 6.45) is 12.8. The Balaban J connectivity index is 1.18. The molecule has 1 saturated carbocycles. The number of benzene rings is 2. The number of carbonyl (C=O) groups excluding carboxylic acids is 1. The SMILES string of the molecule is O=C(Nc1ccc(-c2cnn(C(C[C@@H]3CCCCO3)c3ccc(-c4c(-[n+]5cnn[nH]5)ccc(Cl)c4F)cn3)c2)cc1)C1CC1. The van der Waals surface area contributed by atoms with Crippen molar-refractivity contribution in [3.63, 3.8) is 0 Å². The number of hydrogen-bond acceptors (Lipinski definition) is 6. The van der Waals surface area contributed by atoms with E-state index in [1.54, 1.807) is 12.3 Å². The van der Waals surface area contributed by atoms with Gasteiger partial charge in [-0.25, -0.2) is 4.39 Å². The molecule has 0 radical (unpaired) electrons. The Kier molecular flexibility index (Phi) is 7.88. The molecule has 1 unspecified atom stereocenters. The van der Waals surface area contributed by atoms with E-state index >= 15 is 4.39 Å². The van der Waals surface area contributed by atoms with Gasteiger partial charge in [0.2, 0.25) is 5.91 Å². The molecule has 5 aromatic rings. The average Bonchev–Trinajstić information content (AvgIpc) is 3.55. The number of hydrogen-bond donors (Lipinski definition) is 2. The third-order valence-corrected chi connectivity index (χ3v) is 8.53. The number of tetrazole rings is 1. The normalized spacial score (nSPS) is 17.4. The number of anilines is 1. The van der Waals surface area contributed by atoms with Crippen molar-refractivity contribution in [2.45, 2.75) is 50.7 Å². The quantitative estimate of drug-likeness (QED) is 0.206. The molecule has 2 atom stereocenters. The zero-order valence-corrected chi connectivity index (χ0v) is 24.6. The summed E-state index contributed by atoms with van der Waals surface area (Å²) in [4.78, 5) is 17.0. The molecule has 0 bridgehead atoms. The highest BCUT2D eigenvalue weighted by Gasteiger charge is 2.29. The molecule has 4 heterocycles. The largest absolute Gasteiger partial charge is 0.378 e. The van der Waals surface area contributed by atoms with Crippen molar-refractivity contribution in [1.29, 1.82) is 0 Å². The fourth-order valence-electron chi connectivity index (χ4n) is 5.66. The Hall–Kier alpha value is -4.48. The van der Waals surface area contributed by atoms with E-state index in [-0.39, 0.29) is 34.6 Å². The topological polar surface area (TPSA) is 114 Å². The molecule has 1 saturated heterocycles. The second-order valence-electron chi connectivity index (χ2n) is 11.3. The van der Waals surface area contributed by atoms with E-state index < -0.39 is 5.82 Å². The number of H-pyrrole nitrogens is 1. The number of nitrogens with zero attached hydrogens (tertiary/aromatic N) is 6. The predicted octanol–water partition coefficient (Wildman–Crippen LogP) is 5.70. The molecule has 3 aromatic heterocycles. The van der Waals surface area contributed by atoms with Gasteiger partial charge in [-0.15, -0.1) is 4.68 Å². The number of carbonyl (C=O) groups is 1. The van der Waals surface area contributed by atoms with Gasteiger partial charge >= 0.3 is 0 Å². The highest BCUT2D eigenvalue weighted by Crippen LogP contribution is 2.34. The summed E-state index contributed by atoms with van der Waals surface area (Å²) in [5, 5.41) is 18.0. The van der Waals surface area contributed by atoms with Gasteiger partial charge in [-0.2, -0.15) is 5.10 Å². The van der Waals surface area contributed by atoms with Gasteiger partial charge in [0.1, 0.15) is 10.8 Å². The standard InChI is InChI=1S/C32H30ClFN8O2/c33-26-11-13-28(42-19-36-39-40-42)30(31(26)34)22-8-12-27(35-16-22)29(15-25-3-1-2-14-44-25)41-18-23(17-37-41)20-6-9-24(10-7-20)38-32(43)21-4-5-21/h6-13,16-19,21,25,29H,1-5,14-15H2,(H,38,43)/p+1/t25-,29?/m0/s1. The van der Waals surface area contributed by atoms with E-state index in [2.05, 4.69) is 20.8 Å². The summed E-state index contributed by atoms with van der Waals surface area (Å²) in [7, 11) is 0. The third kappa shape index (κ3) is 5.97. The Morgan fingerprint density at radius 1 is 1.07 bits per heavy atom. The second-order valence-corrected chi connectivity index (χ2v) is 11.7. The predicted molar refractivity (Wildman–Crippen MR) is 161 cm³/mol. The van der Waals surface area contributed by atoms with Crippen molar-refractivity contribution < 1.29 is 18.6 Å². The average molecular weight is 614 g/mol. The van der Waals surface area contributed by atoms with Crippen LogP contribution in [0.1, 0.15) is 50.3 Å². The van der Waals surface area contributed by atoms with Gasteiger partial charge in [0.25, 0.3) is 6.33 Å². The highest BCUT2D eigenvalue weighted by molar-refractivity contribution is 6.31. The summed E-state index contributed by atoms with van der Waals surface area (Å²) in [5.41, 5.74) is 4.88. The number of rotatable bonds is 9. The van der Waals surface area contributed by atoms with E-state index in [4.69, 9.17) is 26.4 Å². The van der Waals surface area contributed by atoms with E-state index in [1.165, 1.54) is 17.1 Å². The number of pyridine rings is 1. The zero-order chi connectivity index (χ0) is 30.0. The van der Waals surface area contributed by atoms with Crippen LogP contribution in [0.15, 0.2) is 73.4 Å². The summed E-state index contributed by atoms with van der Waals surface area (Å²) >= 11 is 6.18. The second kappa shape index (κ2) is 12.3. The van der Waals surface area contributed by atoms with Gasteiger partial charge in [-0.1, -0.05) is 35.0 Å². The lowest BCUT2D eigenvalue weighted by atomic mass is 9.98. The lowest BCUT2D eigenvalue weighted by Gasteiger charge is -2.27. The molecule has 2 fully saturated rings. The molecule has 12 heteroatoms. The molecule has 44 heavy (non-hydrogen) atoms. The van der Waals surface area contributed by atoms with Gasteiger partial charge in [-0.05, 0) is 68.0 Å². The Morgan fingerprint density at radius 2 is 1.91 bits per heavy atom. The Labute approximate surface area is 258 Å². The Bertz CT molecular complexity index is 1750. The van der Waals surface area contributed by atoms with Crippen LogP contribution in [-0.2, 0) is 9.53 Å². The van der Waals surface area contributed by atoms with Crippen molar-refractivity contribution in [2.75, 3.05) is 11.9 Å².